The standard InChI is InChI=1S/C17H21N3OS/c1-20(15-5-3-2-4-6-15)16(21)11-14-12-22-17(19-14)13-7-9-18-10-8-13/h7-10,12,15H,2-6,11H2,1H3. The number of carbonyl (C=O) groups is 1. The Bertz CT molecular complexity index is 620. The number of nitrogens with zero attached hydrogens (tertiary/aromatic N) is 3. The third-order valence-corrected chi connectivity index (χ3v) is 5.27. The van der Waals surface area contributed by atoms with E-state index in [-0.39, 0.29) is 5.91 Å². The van der Waals surface area contributed by atoms with Crippen LogP contribution < -0.4 is 0 Å². The zero-order valence-electron chi connectivity index (χ0n) is 12.9. The van der Waals surface area contributed by atoms with Gasteiger partial charge in [-0.1, -0.05) is 19.3 Å². The van der Waals surface area contributed by atoms with Crippen molar-refractivity contribution >= 4 is 17.2 Å². The summed E-state index contributed by atoms with van der Waals surface area (Å²) < 4.78 is 0. The normalized spacial score (nSPS) is 15.7. The minimum Gasteiger partial charge on any atom is -0.342 e. The highest BCUT2D eigenvalue weighted by molar-refractivity contribution is 7.13. The van der Waals surface area contributed by atoms with Crippen molar-refractivity contribution in [1.29, 1.82) is 0 Å². The lowest BCUT2D eigenvalue weighted by atomic mass is 9.94. The number of aromatic nitrogens is 2. The second-order valence-corrected chi connectivity index (χ2v) is 6.71. The van der Waals surface area contributed by atoms with Crippen molar-refractivity contribution in [1.82, 2.24) is 14.9 Å². The highest BCUT2D eigenvalue weighted by Crippen LogP contribution is 2.25. The molecule has 0 saturated heterocycles. The second-order valence-electron chi connectivity index (χ2n) is 5.85. The summed E-state index contributed by atoms with van der Waals surface area (Å²) in [5, 5.41) is 2.94. The molecule has 1 aliphatic rings. The summed E-state index contributed by atoms with van der Waals surface area (Å²) in [6, 6.07) is 4.30. The van der Waals surface area contributed by atoms with E-state index in [1.54, 1.807) is 23.7 Å². The van der Waals surface area contributed by atoms with Crippen LogP contribution in [0.3, 0.4) is 0 Å². The Balaban J connectivity index is 1.63. The molecule has 1 saturated carbocycles. The number of pyridine rings is 1. The third kappa shape index (κ3) is 3.53. The van der Waals surface area contributed by atoms with E-state index < -0.39 is 0 Å². The molecule has 3 rings (SSSR count). The number of hydrogen-bond donors (Lipinski definition) is 0. The van der Waals surface area contributed by atoms with E-state index in [0.717, 1.165) is 29.1 Å². The highest BCUT2D eigenvalue weighted by atomic mass is 32.1. The van der Waals surface area contributed by atoms with Gasteiger partial charge in [0.15, 0.2) is 0 Å². The van der Waals surface area contributed by atoms with Crippen LogP contribution in [0.2, 0.25) is 0 Å². The fourth-order valence-corrected chi connectivity index (χ4v) is 3.79. The van der Waals surface area contributed by atoms with E-state index in [1.807, 2.05) is 29.5 Å². The SMILES string of the molecule is CN(C(=O)Cc1csc(-c2ccncc2)n1)C1CCCCC1. The second kappa shape index (κ2) is 7.01. The van der Waals surface area contributed by atoms with Gasteiger partial charge in [-0.05, 0) is 25.0 Å². The van der Waals surface area contributed by atoms with Gasteiger partial charge in [0, 0.05) is 36.4 Å². The van der Waals surface area contributed by atoms with Crippen molar-refractivity contribution in [3.63, 3.8) is 0 Å². The quantitative estimate of drug-likeness (QED) is 0.867. The van der Waals surface area contributed by atoms with Crippen LogP contribution in [0.25, 0.3) is 10.6 Å². The van der Waals surface area contributed by atoms with Gasteiger partial charge in [-0.2, -0.15) is 0 Å². The van der Waals surface area contributed by atoms with E-state index in [9.17, 15) is 4.79 Å². The molecule has 116 valence electrons. The van der Waals surface area contributed by atoms with Crippen LogP contribution in [0.4, 0.5) is 0 Å². The van der Waals surface area contributed by atoms with Crippen LogP contribution in [0.15, 0.2) is 29.9 Å². The number of rotatable bonds is 4. The third-order valence-electron chi connectivity index (χ3n) is 4.33. The van der Waals surface area contributed by atoms with Crippen LogP contribution in [-0.4, -0.2) is 33.9 Å². The van der Waals surface area contributed by atoms with Crippen LogP contribution in [0.1, 0.15) is 37.8 Å². The minimum absolute atomic E-state index is 0.179. The zero-order valence-corrected chi connectivity index (χ0v) is 13.7. The van der Waals surface area contributed by atoms with E-state index in [0.29, 0.717) is 12.5 Å². The molecule has 2 aromatic rings. The summed E-state index contributed by atoms with van der Waals surface area (Å²) in [6.07, 6.45) is 9.99. The lowest BCUT2D eigenvalue weighted by Gasteiger charge is -2.31. The molecule has 0 aromatic carbocycles. The number of hydrogen-bond acceptors (Lipinski definition) is 4. The average Bonchev–Trinajstić information content (AvgIpc) is 3.04. The Labute approximate surface area is 135 Å². The molecule has 4 nitrogen and oxygen atoms in total. The molecule has 2 aromatic heterocycles. The van der Waals surface area contributed by atoms with Crippen molar-refractivity contribution in [2.75, 3.05) is 7.05 Å². The van der Waals surface area contributed by atoms with Crippen LogP contribution in [-0.2, 0) is 11.2 Å². The van der Waals surface area contributed by atoms with Gasteiger partial charge in [0.1, 0.15) is 5.01 Å². The number of thiazole rings is 1. The van der Waals surface area contributed by atoms with Crippen molar-refractivity contribution in [3.05, 3.63) is 35.6 Å². The van der Waals surface area contributed by atoms with Crippen molar-refractivity contribution in [2.24, 2.45) is 0 Å². The van der Waals surface area contributed by atoms with E-state index in [4.69, 9.17) is 0 Å². The molecule has 0 N–H and O–H groups in total. The Morgan fingerprint density at radius 3 is 2.73 bits per heavy atom. The first-order chi connectivity index (χ1) is 10.7. The van der Waals surface area contributed by atoms with Gasteiger partial charge >= 0.3 is 0 Å². The molecular weight excluding hydrogens is 294 g/mol. The largest absolute Gasteiger partial charge is 0.342 e. The zero-order chi connectivity index (χ0) is 15.4. The molecule has 5 heteroatoms. The van der Waals surface area contributed by atoms with E-state index in [1.165, 1.54) is 19.3 Å². The molecule has 0 spiro atoms. The molecule has 1 aliphatic carbocycles. The van der Waals surface area contributed by atoms with Crippen LogP contribution in [0.5, 0.6) is 0 Å². The lowest BCUT2D eigenvalue weighted by Crippen LogP contribution is -2.39. The molecule has 0 atom stereocenters. The highest BCUT2D eigenvalue weighted by Gasteiger charge is 2.22. The van der Waals surface area contributed by atoms with E-state index in [2.05, 4.69) is 9.97 Å². The molecule has 0 unspecified atom stereocenters. The van der Waals surface area contributed by atoms with Crippen molar-refractivity contribution in [3.8, 4) is 10.6 Å². The molecule has 1 fully saturated rings. The summed E-state index contributed by atoms with van der Waals surface area (Å²) in [5.41, 5.74) is 1.92. The van der Waals surface area contributed by atoms with Gasteiger partial charge < -0.3 is 4.90 Å². The topological polar surface area (TPSA) is 46.1 Å². The number of amides is 1. The van der Waals surface area contributed by atoms with Crippen molar-refractivity contribution < 1.29 is 4.79 Å². The summed E-state index contributed by atoms with van der Waals surface area (Å²) in [5.74, 6) is 0.179. The molecule has 2 heterocycles. The Morgan fingerprint density at radius 2 is 2.00 bits per heavy atom. The lowest BCUT2D eigenvalue weighted by molar-refractivity contribution is -0.131. The van der Waals surface area contributed by atoms with Gasteiger partial charge in [-0.15, -0.1) is 11.3 Å². The summed E-state index contributed by atoms with van der Waals surface area (Å²) in [4.78, 5) is 23.0. The Morgan fingerprint density at radius 1 is 1.27 bits per heavy atom. The number of likely N-dealkylation sites (N-methyl/N-ethyl adjacent to an activating group) is 1. The Hall–Kier alpha value is -1.75. The minimum atomic E-state index is 0.179. The molecule has 0 aliphatic heterocycles. The first-order valence-electron chi connectivity index (χ1n) is 7.84. The average molecular weight is 315 g/mol. The summed E-state index contributed by atoms with van der Waals surface area (Å²) in [7, 11) is 1.94. The molecule has 0 bridgehead atoms. The summed E-state index contributed by atoms with van der Waals surface area (Å²) >= 11 is 1.58. The first-order valence-corrected chi connectivity index (χ1v) is 8.72. The molecular formula is C17H21N3OS. The maximum atomic E-state index is 12.4. The predicted molar refractivity (Wildman–Crippen MR) is 88.7 cm³/mol. The predicted octanol–water partition coefficient (Wildman–Crippen LogP) is 3.54. The van der Waals surface area contributed by atoms with Gasteiger partial charge in [-0.3, -0.25) is 9.78 Å². The fourth-order valence-electron chi connectivity index (χ4n) is 2.97. The Kier molecular flexibility index (Phi) is 4.83. The maximum absolute atomic E-state index is 12.4. The maximum Gasteiger partial charge on any atom is 0.228 e. The monoisotopic (exact) mass is 315 g/mol. The summed E-state index contributed by atoms with van der Waals surface area (Å²) in [6.45, 7) is 0. The molecule has 0 radical (unpaired) electrons. The van der Waals surface area contributed by atoms with Crippen molar-refractivity contribution in [2.45, 2.75) is 44.6 Å². The van der Waals surface area contributed by atoms with Crippen LogP contribution in [0, 0.1) is 0 Å². The van der Waals surface area contributed by atoms with Gasteiger partial charge in [-0.25, -0.2) is 4.98 Å². The van der Waals surface area contributed by atoms with Gasteiger partial charge in [0.05, 0.1) is 12.1 Å². The molecule has 1 amide bonds. The first kappa shape index (κ1) is 15.2. The number of carbonyl (C=O) groups excluding carboxylic acids is 1. The fraction of sp³-hybridized carbons (Fsp3) is 0.471. The van der Waals surface area contributed by atoms with Crippen LogP contribution >= 0.6 is 11.3 Å². The smallest absolute Gasteiger partial charge is 0.228 e. The van der Waals surface area contributed by atoms with Gasteiger partial charge in [0.25, 0.3) is 0 Å². The van der Waals surface area contributed by atoms with E-state index >= 15 is 0 Å². The molecule has 22 heavy (non-hydrogen) atoms. The van der Waals surface area contributed by atoms with Gasteiger partial charge in [0.2, 0.25) is 5.91 Å².